The molecule has 1 rings (SSSR count). The van der Waals surface area contributed by atoms with Crippen LogP contribution in [0.1, 0.15) is 31.7 Å². The number of hydrogen-bond acceptors (Lipinski definition) is 2. The summed E-state index contributed by atoms with van der Waals surface area (Å²) in [6.45, 7) is 7.68. The lowest BCUT2D eigenvalue weighted by Gasteiger charge is -2.15. The molecule has 1 atom stereocenters. The molecule has 1 N–H and O–H groups in total. The number of benzene rings is 1. The smallest absolute Gasteiger partial charge is 0.334 e. The number of aliphatic carboxylic acids is 1. The summed E-state index contributed by atoms with van der Waals surface area (Å²) < 4.78 is 5.50. The summed E-state index contributed by atoms with van der Waals surface area (Å²) in [6.07, 6.45) is 1.01. The summed E-state index contributed by atoms with van der Waals surface area (Å²) in [5, 5.41) is 8.71. The Balaban J connectivity index is 2.77. The molecule has 1 aromatic rings. The third-order valence-corrected chi connectivity index (χ3v) is 2.77. The Hall–Kier alpha value is -1.77. The first kappa shape index (κ1) is 13.3. The number of hydrogen-bond donors (Lipinski definition) is 1. The molecule has 17 heavy (non-hydrogen) atoms. The van der Waals surface area contributed by atoms with Crippen LogP contribution in [0.3, 0.4) is 0 Å². The number of rotatable bonds is 6. The van der Waals surface area contributed by atoms with Gasteiger partial charge >= 0.3 is 5.97 Å². The van der Waals surface area contributed by atoms with E-state index in [0.29, 0.717) is 5.92 Å². The molecule has 92 valence electrons. The molecule has 1 aromatic carbocycles. The zero-order valence-corrected chi connectivity index (χ0v) is 10.3. The molecule has 0 saturated heterocycles. The van der Waals surface area contributed by atoms with Crippen molar-refractivity contribution in [3.05, 3.63) is 42.0 Å². The van der Waals surface area contributed by atoms with Gasteiger partial charge in [-0.05, 0) is 24.0 Å². The average molecular weight is 234 g/mol. The number of carboxylic acid groups (broad SMARTS) is 1. The van der Waals surface area contributed by atoms with Crippen molar-refractivity contribution < 1.29 is 14.6 Å². The molecule has 0 aliphatic carbocycles. The maximum Gasteiger partial charge on any atom is 0.334 e. The molecule has 3 heteroatoms. The lowest BCUT2D eigenvalue weighted by molar-refractivity contribution is -0.133. The molecule has 0 bridgehead atoms. The van der Waals surface area contributed by atoms with Crippen molar-refractivity contribution in [1.82, 2.24) is 0 Å². The summed E-state index contributed by atoms with van der Waals surface area (Å²) in [6, 6.07) is 7.70. The molecular formula is C14H18O3. The number of para-hydroxylation sites is 1. The molecule has 0 radical (unpaired) electrons. The third kappa shape index (κ3) is 3.63. The minimum absolute atomic E-state index is 0.0166. The van der Waals surface area contributed by atoms with Gasteiger partial charge in [-0.3, -0.25) is 0 Å². The van der Waals surface area contributed by atoms with Crippen molar-refractivity contribution in [3.8, 4) is 5.75 Å². The summed E-state index contributed by atoms with van der Waals surface area (Å²) in [4.78, 5) is 10.6. The van der Waals surface area contributed by atoms with E-state index in [-0.39, 0.29) is 12.2 Å². The Morgan fingerprint density at radius 3 is 2.71 bits per heavy atom. The van der Waals surface area contributed by atoms with Crippen LogP contribution in [0.25, 0.3) is 0 Å². The van der Waals surface area contributed by atoms with Crippen molar-refractivity contribution in [3.63, 3.8) is 0 Å². The molecule has 0 fully saturated rings. The van der Waals surface area contributed by atoms with E-state index in [1.165, 1.54) is 0 Å². The lowest BCUT2D eigenvalue weighted by atomic mass is 9.98. The largest absolute Gasteiger partial charge is 0.488 e. The van der Waals surface area contributed by atoms with Gasteiger partial charge in [-0.2, -0.15) is 0 Å². The monoisotopic (exact) mass is 234 g/mol. The van der Waals surface area contributed by atoms with Gasteiger partial charge in [0.1, 0.15) is 12.4 Å². The van der Waals surface area contributed by atoms with Gasteiger partial charge in [-0.1, -0.05) is 38.6 Å². The highest BCUT2D eigenvalue weighted by molar-refractivity contribution is 5.86. The highest BCUT2D eigenvalue weighted by Crippen LogP contribution is 2.28. The van der Waals surface area contributed by atoms with E-state index in [0.717, 1.165) is 17.7 Å². The first-order valence-electron chi connectivity index (χ1n) is 5.69. The second kappa shape index (κ2) is 6.09. The highest BCUT2D eigenvalue weighted by atomic mass is 16.5. The molecule has 0 aliphatic heterocycles. The third-order valence-electron chi connectivity index (χ3n) is 2.77. The Kier molecular flexibility index (Phi) is 4.76. The van der Waals surface area contributed by atoms with Crippen molar-refractivity contribution in [2.24, 2.45) is 0 Å². The number of carboxylic acids is 1. The molecule has 0 aliphatic rings. The zero-order chi connectivity index (χ0) is 12.8. The summed E-state index contributed by atoms with van der Waals surface area (Å²) >= 11 is 0. The molecule has 0 aromatic heterocycles. The van der Waals surface area contributed by atoms with Crippen molar-refractivity contribution >= 4 is 5.97 Å². The van der Waals surface area contributed by atoms with Crippen LogP contribution in [0, 0.1) is 0 Å². The average Bonchev–Trinajstić information content (AvgIpc) is 2.35. The van der Waals surface area contributed by atoms with Crippen molar-refractivity contribution in [2.45, 2.75) is 26.2 Å². The predicted octanol–water partition coefficient (Wildman–Crippen LogP) is 3.22. The van der Waals surface area contributed by atoms with Gasteiger partial charge < -0.3 is 9.84 Å². The minimum Gasteiger partial charge on any atom is -0.488 e. The maximum absolute atomic E-state index is 10.6. The second-order valence-corrected chi connectivity index (χ2v) is 4.04. The van der Waals surface area contributed by atoms with Crippen molar-refractivity contribution in [2.75, 3.05) is 6.61 Å². The fourth-order valence-electron chi connectivity index (χ4n) is 1.47. The molecule has 0 heterocycles. The van der Waals surface area contributed by atoms with E-state index in [1.807, 2.05) is 24.3 Å². The van der Waals surface area contributed by atoms with E-state index in [9.17, 15) is 4.79 Å². The van der Waals surface area contributed by atoms with Gasteiger partial charge in [0, 0.05) is 0 Å². The molecule has 1 unspecified atom stereocenters. The highest BCUT2D eigenvalue weighted by Gasteiger charge is 2.11. The normalized spacial score (nSPS) is 11.9. The lowest BCUT2D eigenvalue weighted by Crippen LogP contribution is -2.10. The van der Waals surface area contributed by atoms with Crippen LogP contribution in [0.5, 0.6) is 5.75 Å². The molecule has 0 saturated carbocycles. The van der Waals surface area contributed by atoms with Crippen LogP contribution in [0.4, 0.5) is 0 Å². The quantitative estimate of drug-likeness (QED) is 0.769. The Morgan fingerprint density at radius 2 is 2.12 bits per heavy atom. The van der Waals surface area contributed by atoms with Crippen LogP contribution < -0.4 is 4.74 Å². The minimum atomic E-state index is -1.02. The topological polar surface area (TPSA) is 46.5 Å². The van der Waals surface area contributed by atoms with Gasteiger partial charge in [0.05, 0.1) is 5.57 Å². The van der Waals surface area contributed by atoms with Crippen LogP contribution in [0.2, 0.25) is 0 Å². The van der Waals surface area contributed by atoms with E-state index < -0.39 is 5.97 Å². The first-order chi connectivity index (χ1) is 8.06. The van der Waals surface area contributed by atoms with Crippen molar-refractivity contribution in [1.29, 1.82) is 0 Å². The SMILES string of the molecule is C=C(COc1ccccc1C(C)CC)C(=O)O. The van der Waals surface area contributed by atoms with E-state index in [1.54, 1.807) is 0 Å². The fraction of sp³-hybridized carbons (Fsp3) is 0.357. The summed E-state index contributed by atoms with van der Waals surface area (Å²) in [7, 11) is 0. The standard InChI is InChI=1S/C14H18O3/c1-4-10(2)12-7-5-6-8-13(12)17-9-11(3)14(15)16/h5-8,10H,3-4,9H2,1-2H3,(H,15,16). The Labute approximate surface area is 102 Å². The number of ether oxygens (including phenoxy) is 1. The van der Waals surface area contributed by atoms with Gasteiger partial charge in [0.25, 0.3) is 0 Å². The van der Waals surface area contributed by atoms with Crippen LogP contribution in [-0.2, 0) is 4.79 Å². The molecule has 0 spiro atoms. The molecule has 3 nitrogen and oxygen atoms in total. The van der Waals surface area contributed by atoms with E-state index >= 15 is 0 Å². The van der Waals surface area contributed by atoms with Gasteiger partial charge in [-0.25, -0.2) is 4.79 Å². The van der Waals surface area contributed by atoms with Gasteiger partial charge in [0.2, 0.25) is 0 Å². The fourth-order valence-corrected chi connectivity index (χ4v) is 1.47. The van der Waals surface area contributed by atoms with E-state index in [2.05, 4.69) is 20.4 Å². The summed E-state index contributed by atoms with van der Waals surface area (Å²) in [5.74, 6) is 0.111. The Morgan fingerprint density at radius 1 is 1.47 bits per heavy atom. The van der Waals surface area contributed by atoms with E-state index in [4.69, 9.17) is 9.84 Å². The zero-order valence-electron chi connectivity index (χ0n) is 10.3. The molecular weight excluding hydrogens is 216 g/mol. The van der Waals surface area contributed by atoms with Crippen LogP contribution in [0.15, 0.2) is 36.4 Å². The summed E-state index contributed by atoms with van der Waals surface area (Å²) in [5.41, 5.74) is 1.16. The van der Waals surface area contributed by atoms with Crippen LogP contribution >= 0.6 is 0 Å². The Bertz CT molecular complexity index is 410. The second-order valence-electron chi connectivity index (χ2n) is 4.04. The first-order valence-corrected chi connectivity index (χ1v) is 5.69. The molecule has 0 amide bonds. The predicted molar refractivity (Wildman–Crippen MR) is 67.4 cm³/mol. The van der Waals surface area contributed by atoms with Gasteiger partial charge in [0.15, 0.2) is 0 Å². The maximum atomic E-state index is 10.6. The number of carbonyl (C=O) groups is 1. The van der Waals surface area contributed by atoms with Crippen LogP contribution in [-0.4, -0.2) is 17.7 Å². The van der Waals surface area contributed by atoms with Gasteiger partial charge in [-0.15, -0.1) is 0 Å².